The number of nitrogen functional groups attached to an aromatic ring is 1. The number of hydrogen-bond acceptors (Lipinski definition) is 3. The van der Waals surface area contributed by atoms with E-state index >= 15 is 0 Å². The van der Waals surface area contributed by atoms with E-state index in [1.807, 2.05) is 25.1 Å². The zero-order valence-corrected chi connectivity index (χ0v) is 10.6. The van der Waals surface area contributed by atoms with E-state index in [0.717, 1.165) is 5.56 Å². The summed E-state index contributed by atoms with van der Waals surface area (Å²) in [4.78, 5) is 13.7. The summed E-state index contributed by atoms with van der Waals surface area (Å²) in [5.74, 6) is 0.0486. The molecule has 0 aromatic heterocycles. The Labute approximate surface area is 102 Å². The molecule has 1 unspecified atom stereocenters. The molecule has 1 amide bonds. The van der Waals surface area contributed by atoms with Crippen LogP contribution in [-0.2, 0) is 16.0 Å². The lowest BCUT2D eigenvalue weighted by molar-refractivity contribution is -0.131. The van der Waals surface area contributed by atoms with E-state index in [4.69, 9.17) is 10.5 Å². The van der Waals surface area contributed by atoms with Crippen molar-refractivity contribution in [3.05, 3.63) is 29.8 Å². The fourth-order valence-electron chi connectivity index (χ4n) is 1.58. The van der Waals surface area contributed by atoms with Gasteiger partial charge in [-0.3, -0.25) is 4.79 Å². The number of ether oxygens (including phenoxy) is 1. The smallest absolute Gasteiger partial charge is 0.227 e. The van der Waals surface area contributed by atoms with Crippen molar-refractivity contribution < 1.29 is 9.53 Å². The predicted octanol–water partition coefficient (Wildman–Crippen LogP) is 1.30. The Morgan fingerprint density at radius 2 is 2.12 bits per heavy atom. The van der Waals surface area contributed by atoms with Crippen LogP contribution in [0.25, 0.3) is 0 Å². The number of hydrogen-bond donors (Lipinski definition) is 1. The highest BCUT2D eigenvalue weighted by Gasteiger charge is 2.16. The molecule has 0 aliphatic heterocycles. The van der Waals surface area contributed by atoms with Crippen molar-refractivity contribution in [3.63, 3.8) is 0 Å². The van der Waals surface area contributed by atoms with E-state index in [-0.39, 0.29) is 11.9 Å². The second-order valence-corrected chi connectivity index (χ2v) is 4.18. The number of amides is 1. The van der Waals surface area contributed by atoms with Crippen LogP contribution in [-0.4, -0.2) is 37.6 Å². The fourth-order valence-corrected chi connectivity index (χ4v) is 1.58. The number of nitrogens with zero attached hydrogens (tertiary/aromatic N) is 1. The fraction of sp³-hybridized carbons (Fsp3) is 0.462. The van der Waals surface area contributed by atoms with Crippen LogP contribution >= 0.6 is 0 Å². The van der Waals surface area contributed by atoms with Gasteiger partial charge in [0.2, 0.25) is 5.91 Å². The first-order valence-corrected chi connectivity index (χ1v) is 5.64. The first-order chi connectivity index (χ1) is 8.06. The first kappa shape index (κ1) is 13.5. The Morgan fingerprint density at radius 1 is 1.47 bits per heavy atom. The number of carbonyl (C=O) groups excluding carboxylic acids is 1. The van der Waals surface area contributed by atoms with E-state index in [2.05, 4.69) is 0 Å². The highest BCUT2D eigenvalue weighted by molar-refractivity contribution is 5.80. The topological polar surface area (TPSA) is 55.6 Å². The van der Waals surface area contributed by atoms with Crippen LogP contribution in [0.5, 0.6) is 0 Å². The Balaban J connectivity index is 2.63. The standard InChI is InChI=1S/C13H20N2O2/c1-10(9-17-3)15(2)13(16)8-11-6-4-5-7-12(11)14/h4-7,10H,8-9,14H2,1-3H3. The zero-order chi connectivity index (χ0) is 12.8. The number of para-hydroxylation sites is 1. The zero-order valence-electron chi connectivity index (χ0n) is 10.6. The minimum absolute atomic E-state index is 0.0486. The Bertz CT molecular complexity index is 379. The summed E-state index contributed by atoms with van der Waals surface area (Å²) in [6, 6.07) is 7.50. The number of methoxy groups -OCH3 is 1. The molecule has 4 nitrogen and oxygen atoms in total. The van der Waals surface area contributed by atoms with Crippen LogP contribution in [0.4, 0.5) is 5.69 Å². The molecular formula is C13H20N2O2. The van der Waals surface area contributed by atoms with Crippen molar-refractivity contribution >= 4 is 11.6 Å². The molecule has 0 spiro atoms. The van der Waals surface area contributed by atoms with Gasteiger partial charge in [-0.25, -0.2) is 0 Å². The molecule has 0 heterocycles. The highest BCUT2D eigenvalue weighted by atomic mass is 16.5. The largest absolute Gasteiger partial charge is 0.398 e. The summed E-state index contributed by atoms with van der Waals surface area (Å²) in [6.45, 7) is 2.49. The minimum atomic E-state index is 0.0486. The van der Waals surface area contributed by atoms with Crippen LogP contribution in [0.1, 0.15) is 12.5 Å². The lowest BCUT2D eigenvalue weighted by Gasteiger charge is -2.24. The number of carbonyl (C=O) groups is 1. The van der Waals surface area contributed by atoms with E-state index in [9.17, 15) is 4.79 Å². The summed E-state index contributed by atoms with van der Waals surface area (Å²) in [5.41, 5.74) is 7.34. The summed E-state index contributed by atoms with van der Waals surface area (Å²) in [6.07, 6.45) is 0.331. The van der Waals surface area contributed by atoms with Crippen LogP contribution in [0, 0.1) is 0 Å². The maximum atomic E-state index is 12.0. The van der Waals surface area contributed by atoms with Crippen molar-refractivity contribution in [2.75, 3.05) is 26.5 Å². The van der Waals surface area contributed by atoms with Gasteiger partial charge in [-0.1, -0.05) is 18.2 Å². The second kappa shape index (κ2) is 6.25. The van der Waals surface area contributed by atoms with Crippen molar-refractivity contribution in [2.24, 2.45) is 0 Å². The second-order valence-electron chi connectivity index (χ2n) is 4.18. The number of anilines is 1. The summed E-state index contributed by atoms with van der Waals surface area (Å²) < 4.78 is 5.03. The molecule has 0 saturated heterocycles. The number of benzene rings is 1. The van der Waals surface area contributed by atoms with Gasteiger partial charge in [0.15, 0.2) is 0 Å². The maximum Gasteiger partial charge on any atom is 0.227 e. The van der Waals surface area contributed by atoms with Crippen molar-refractivity contribution in [1.29, 1.82) is 0 Å². The normalized spacial score (nSPS) is 12.2. The molecule has 1 atom stereocenters. The summed E-state index contributed by atoms with van der Waals surface area (Å²) >= 11 is 0. The van der Waals surface area contributed by atoms with Gasteiger partial charge >= 0.3 is 0 Å². The average Bonchev–Trinajstić information content (AvgIpc) is 2.31. The molecule has 2 N–H and O–H groups in total. The maximum absolute atomic E-state index is 12.0. The van der Waals surface area contributed by atoms with Gasteiger partial charge in [0.1, 0.15) is 0 Å². The molecular weight excluding hydrogens is 216 g/mol. The molecule has 4 heteroatoms. The van der Waals surface area contributed by atoms with Gasteiger partial charge in [0, 0.05) is 19.8 Å². The van der Waals surface area contributed by atoms with Gasteiger partial charge in [-0.05, 0) is 18.6 Å². The SMILES string of the molecule is COCC(C)N(C)C(=O)Cc1ccccc1N. The number of rotatable bonds is 5. The van der Waals surface area contributed by atoms with Gasteiger partial charge in [0.05, 0.1) is 19.1 Å². The molecule has 0 bridgehead atoms. The van der Waals surface area contributed by atoms with E-state index in [1.165, 1.54) is 0 Å². The van der Waals surface area contributed by atoms with Crippen molar-refractivity contribution in [1.82, 2.24) is 4.90 Å². The lowest BCUT2D eigenvalue weighted by Crippen LogP contribution is -2.38. The monoisotopic (exact) mass is 236 g/mol. The molecule has 0 aliphatic carbocycles. The van der Waals surface area contributed by atoms with Crippen molar-refractivity contribution in [2.45, 2.75) is 19.4 Å². The van der Waals surface area contributed by atoms with Gasteiger partial charge in [0.25, 0.3) is 0 Å². The molecule has 0 saturated carbocycles. The van der Waals surface area contributed by atoms with Crippen LogP contribution in [0.3, 0.4) is 0 Å². The molecule has 94 valence electrons. The molecule has 1 rings (SSSR count). The predicted molar refractivity (Wildman–Crippen MR) is 68.7 cm³/mol. The van der Waals surface area contributed by atoms with Crippen LogP contribution in [0.15, 0.2) is 24.3 Å². The van der Waals surface area contributed by atoms with Crippen LogP contribution < -0.4 is 5.73 Å². The average molecular weight is 236 g/mol. The van der Waals surface area contributed by atoms with Gasteiger partial charge in [-0.2, -0.15) is 0 Å². The molecule has 0 radical (unpaired) electrons. The Kier molecular flexibility index (Phi) is 4.97. The molecule has 0 fully saturated rings. The summed E-state index contributed by atoms with van der Waals surface area (Å²) in [7, 11) is 3.41. The summed E-state index contributed by atoms with van der Waals surface area (Å²) in [5, 5.41) is 0. The van der Waals surface area contributed by atoms with Gasteiger partial charge in [-0.15, -0.1) is 0 Å². The van der Waals surface area contributed by atoms with E-state index < -0.39 is 0 Å². The molecule has 0 aliphatic rings. The quantitative estimate of drug-likeness (QED) is 0.784. The van der Waals surface area contributed by atoms with Crippen molar-refractivity contribution in [3.8, 4) is 0 Å². The molecule has 1 aromatic carbocycles. The third-order valence-electron chi connectivity index (χ3n) is 2.86. The van der Waals surface area contributed by atoms with E-state index in [0.29, 0.717) is 18.7 Å². The number of likely N-dealkylation sites (N-methyl/N-ethyl adjacent to an activating group) is 1. The van der Waals surface area contributed by atoms with E-state index in [1.54, 1.807) is 25.1 Å². The highest BCUT2D eigenvalue weighted by Crippen LogP contribution is 2.12. The Hall–Kier alpha value is -1.55. The third-order valence-corrected chi connectivity index (χ3v) is 2.86. The Morgan fingerprint density at radius 3 is 2.71 bits per heavy atom. The molecule has 17 heavy (non-hydrogen) atoms. The van der Waals surface area contributed by atoms with Crippen LogP contribution in [0.2, 0.25) is 0 Å². The first-order valence-electron chi connectivity index (χ1n) is 5.64. The number of nitrogens with two attached hydrogens (primary N) is 1. The molecule has 1 aromatic rings. The minimum Gasteiger partial charge on any atom is -0.398 e. The lowest BCUT2D eigenvalue weighted by atomic mass is 10.1. The third kappa shape index (κ3) is 3.75. The van der Waals surface area contributed by atoms with Gasteiger partial charge < -0.3 is 15.4 Å².